The van der Waals surface area contributed by atoms with Crippen LogP contribution in [0.5, 0.6) is 0 Å². The van der Waals surface area contributed by atoms with Crippen molar-refractivity contribution in [1.82, 2.24) is 4.90 Å². The summed E-state index contributed by atoms with van der Waals surface area (Å²) in [7, 11) is 1.95. The molecule has 1 saturated carbocycles. The molecule has 0 aromatic carbocycles. The fourth-order valence-corrected chi connectivity index (χ4v) is 1.51. The van der Waals surface area contributed by atoms with Gasteiger partial charge in [0, 0.05) is 19.1 Å². The molecule has 0 aliphatic heterocycles. The standard InChI is InChI=1S/C8H17FN2/c1-11(5-4-9)8(6-10)7-2-3-7/h7-8H,2-6,10H2,1H3. The predicted octanol–water partition coefficient (Wildman–Crippen LogP) is 0.625. The SMILES string of the molecule is CN(CCF)C(CN)C1CC1. The Hall–Kier alpha value is -0.150. The molecule has 1 unspecified atom stereocenters. The molecule has 0 radical (unpaired) electrons. The topological polar surface area (TPSA) is 29.3 Å². The van der Waals surface area contributed by atoms with Crippen LogP contribution in [0.4, 0.5) is 4.39 Å². The summed E-state index contributed by atoms with van der Waals surface area (Å²) in [5, 5.41) is 0. The quantitative estimate of drug-likeness (QED) is 0.639. The zero-order chi connectivity index (χ0) is 8.27. The summed E-state index contributed by atoms with van der Waals surface area (Å²) < 4.78 is 11.9. The van der Waals surface area contributed by atoms with Crippen LogP contribution >= 0.6 is 0 Å². The van der Waals surface area contributed by atoms with Crippen molar-refractivity contribution < 1.29 is 4.39 Å². The van der Waals surface area contributed by atoms with Crippen LogP contribution in [-0.2, 0) is 0 Å². The van der Waals surface area contributed by atoms with Gasteiger partial charge in [0.15, 0.2) is 0 Å². The van der Waals surface area contributed by atoms with Crippen molar-refractivity contribution in [2.24, 2.45) is 11.7 Å². The van der Waals surface area contributed by atoms with Crippen molar-refractivity contribution in [3.63, 3.8) is 0 Å². The molecule has 0 spiro atoms. The van der Waals surface area contributed by atoms with E-state index in [9.17, 15) is 4.39 Å². The molecule has 0 aromatic rings. The second kappa shape index (κ2) is 4.02. The fourth-order valence-electron chi connectivity index (χ4n) is 1.51. The average molecular weight is 160 g/mol. The lowest BCUT2D eigenvalue weighted by Crippen LogP contribution is -2.40. The summed E-state index contributed by atoms with van der Waals surface area (Å²) in [6, 6.07) is 0.422. The van der Waals surface area contributed by atoms with E-state index in [2.05, 4.69) is 0 Å². The van der Waals surface area contributed by atoms with E-state index in [-0.39, 0.29) is 6.67 Å². The van der Waals surface area contributed by atoms with Gasteiger partial charge in [-0.05, 0) is 25.8 Å². The van der Waals surface area contributed by atoms with Crippen molar-refractivity contribution >= 4 is 0 Å². The molecular formula is C8H17FN2. The highest BCUT2D eigenvalue weighted by atomic mass is 19.1. The smallest absolute Gasteiger partial charge is 0.102 e. The van der Waals surface area contributed by atoms with E-state index in [1.54, 1.807) is 0 Å². The zero-order valence-electron chi connectivity index (χ0n) is 7.09. The van der Waals surface area contributed by atoms with Crippen LogP contribution in [0.15, 0.2) is 0 Å². The van der Waals surface area contributed by atoms with Crippen molar-refractivity contribution in [3.8, 4) is 0 Å². The molecule has 1 rings (SSSR count). The van der Waals surface area contributed by atoms with Crippen LogP contribution in [0.2, 0.25) is 0 Å². The van der Waals surface area contributed by atoms with Crippen molar-refractivity contribution in [1.29, 1.82) is 0 Å². The molecule has 66 valence electrons. The van der Waals surface area contributed by atoms with Gasteiger partial charge in [-0.3, -0.25) is 4.90 Å². The Morgan fingerprint density at radius 3 is 2.64 bits per heavy atom. The first-order valence-electron chi connectivity index (χ1n) is 4.26. The highest BCUT2D eigenvalue weighted by molar-refractivity contribution is 4.87. The molecule has 3 heteroatoms. The molecule has 1 aliphatic carbocycles. The third-order valence-corrected chi connectivity index (χ3v) is 2.41. The van der Waals surface area contributed by atoms with Gasteiger partial charge in [0.05, 0.1) is 0 Å². The molecule has 0 saturated heterocycles. The second-order valence-corrected chi connectivity index (χ2v) is 3.31. The summed E-state index contributed by atoms with van der Waals surface area (Å²) in [5.41, 5.74) is 5.58. The Morgan fingerprint density at radius 1 is 1.64 bits per heavy atom. The Labute approximate surface area is 67.6 Å². The van der Waals surface area contributed by atoms with Gasteiger partial charge in [-0.1, -0.05) is 0 Å². The largest absolute Gasteiger partial charge is 0.329 e. The lowest BCUT2D eigenvalue weighted by molar-refractivity contribution is 0.206. The van der Waals surface area contributed by atoms with Gasteiger partial charge < -0.3 is 5.73 Å². The number of nitrogens with zero attached hydrogens (tertiary/aromatic N) is 1. The number of halogens is 1. The van der Waals surface area contributed by atoms with Gasteiger partial charge in [0.2, 0.25) is 0 Å². The minimum Gasteiger partial charge on any atom is -0.329 e. The van der Waals surface area contributed by atoms with Crippen molar-refractivity contribution in [3.05, 3.63) is 0 Å². The molecule has 1 aliphatic rings. The molecule has 0 amide bonds. The van der Waals surface area contributed by atoms with Gasteiger partial charge in [0.1, 0.15) is 6.67 Å². The minimum absolute atomic E-state index is 0.264. The van der Waals surface area contributed by atoms with Crippen LogP contribution in [0.25, 0.3) is 0 Å². The number of hydrogen-bond acceptors (Lipinski definition) is 2. The Bertz CT molecular complexity index is 115. The highest BCUT2D eigenvalue weighted by Gasteiger charge is 2.32. The van der Waals surface area contributed by atoms with Gasteiger partial charge >= 0.3 is 0 Å². The van der Waals surface area contributed by atoms with E-state index in [1.807, 2.05) is 11.9 Å². The summed E-state index contributed by atoms with van der Waals surface area (Å²) in [5.74, 6) is 0.747. The van der Waals surface area contributed by atoms with Gasteiger partial charge in [-0.15, -0.1) is 0 Å². The number of likely N-dealkylation sites (N-methyl/N-ethyl adjacent to an activating group) is 1. The van der Waals surface area contributed by atoms with E-state index in [0.717, 1.165) is 5.92 Å². The maximum absolute atomic E-state index is 11.9. The summed E-state index contributed by atoms with van der Waals surface area (Å²) >= 11 is 0. The number of hydrogen-bond donors (Lipinski definition) is 1. The monoisotopic (exact) mass is 160 g/mol. The molecule has 1 atom stereocenters. The number of rotatable bonds is 5. The van der Waals surface area contributed by atoms with Crippen LogP contribution in [0, 0.1) is 5.92 Å². The van der Waals surface area contributed by atoms with E-state index in [1.165, 1.54) is 12.8 Å². The molecule has 0 bridgehead atoms. The molecule has 0 aromatic heterocycles. The van der Waals surface area contributed by atoms with E-state index >= 15 is 0 Å². The number of alkyl halides is 1. The van der Waals surface area contributed by atoms with Gasteiger partial charge in [-0.2, -0.15) is 0 Å². The fraction of sp³-hybridized carbons (Fsp3) is 1.00. The first-order chi connectivity index (χ1) is 5.29. The van der Waals surface area contributed by atoms with E-state index in [4.69, 9.17) is 5.73 Å². The summed E-state index contributed by atoms with van der Waals surface area (Å²) in [6.07, 6.45) is 2.55. The molecule has 11 heavy (non-hydrogen) atoms. The third kappa shape index (κ3) is 2.42. The lowest BCUT2D eigenvalue weighted by atomic mass is 10.1. The van der Waals surface area contributed by atoms with Crippen LogP contribution in [0.3, 0.4) is 0 Å². The van der Waals surface area contributed by atoms with Crippen molar-refractivity contribution in [2.75, 3.05) is 26.8 Å². The molecular weight excluding hydrogens is 143 g/mol. The van der Waals surface area contributed by atoms with Crippen LogP contribution in [0.1, 0.15) is 12.8 Å². The first-order valence-corrected chi connectivity index (χ1v) is 4.26. The molecule has 0 heterocycles. The average Bonchev–Trinajstić information content (AvgIpc) is 2.73. The van der Waals surface area contributed by atoms with Crippen LogP contribution in [-0.4, -0.2) is 37.8 Å². The lowest BCUT2D eigenvalue weighted by Gasteiger charge is -2.25. The summed E-state index contributed by atoms with van der Waals surface area (Å²) in [6.45, 7) is 0.930. The highest BCUT2D eigenvalue weighted by Crippen LogP contribution is 2.34. The van der Waals surface area contributed by atoms with Gasteiger partial charge in [-0.25, -0.2) is 4.39 Å². The van der Waals surface area contributed by atoms with Gasteiger partial charge in [0.25, 0.3) is 0 Å². The maximum atomic E-state index is 11.9. The van der Waals surface area contributed by atoms with E-state index in [0.29, 0.717) is 19.1 Å². The normalized spacial score (nSPS) is 20.7. The third-order valence-electron chi connectivity index (χ3n) is 2.41. The maximum Gasteiger partial charge on any atom is 0.102 e. The predicted molar refractivity (Wildman–Crippen MR) is 44.2 cm³/mol. The summed E-state index contributed by atoms with van der Waals surface area (Å²) in [4.78, 5) is 2.04. The Kier molecular flexibility index (Phi) is 3.27. The van der Waals surface area contributed by atoms with Crippen molar-refractivity contribution in [2.45, 2.75) is 18.9 Å². The minimum atomic E-state index is -0.264. The second-order valence-electron chi connectivity index (χ2n) is 3.31. The Morgan fingerprint density at radius 2 is 2.27 bits per heavy atom. The molecule has 1 fully saturated rings. The van der Waals surface area contributed by atoms with E-state index < -0.39 is 0 Å². The van der Waals surface area contributed by atoms with Crippen LogP contribution < -0.4 is 5.73 Å². The first kappa shape index (κ1) is 8.94. The Balaban J connectivity index is 2.27. The zero-order valence-corrected chi connectivity index (χ0v) is 7.09. The molecule has 2 N–H and O–H groups in total. The number of nitrogens with two attached hydrogens (primary N) is 1. The molecule has 2 nitrogen and oxygen atoms in total.